The number of hydrogen-bond acceptors (Lipinski definition) is 1. The van der Waals surface area contributed by atoms with Crippen molar-refractivity contribution in [3.05, 3.63) is 138 Å². The van der Waals surface area contributed by atoms with Crippen molar-refractivity contribution in [2.24, 2.45) is 5.41 Å². The van der Waals surface area contributed by atoms with Crippen molar-refractivity contribution in [3.63, 3.8) is 0 Å². The van der Waals surface area contributed by atoms with E-state index in [1.54, 1.807) is 0 Å². The van der Waals surface area contributed by atoms with Gasteiger partial charge in [0.15, 0.2) is 0 Å². The molecule has 0 spiro atoms. The zero-order valence-electron chi connectivity index (χ0n) is 23.1. The predicted molar refractivity (Wildman–Crippen MR) is 158 cm³/mol. The average Bonchev–Trinajstić information content (AvgIpc) is 3.45. The Morgan fingerprint density at radius 2 is 1.43 bits per heavy atom. The average molecular weight is 524 g/mol. The van der Waals surface area contributed by atoms with Gasteiger partial charge in [0.25, 0.3) is 0 Å². The number of para-hydroxylation sites is 1. The molecule has 0 bridgehead atoms. The molecule has 0 aromatic heterocycles. The second-order valence-electron chi connectivity index (χ2n) is 10.0. The van der Waals surface area contributed by atoms with E-state index in [1.165, 1.54) is 14.9 Å². The summed E-state index contributed by atoms with van der Waals surface area (Å²) in [7, 11) is 0. The molecule has 0 radical (unpaired) electrons. The van der Waals surface area contributed by atoms with Crippen LogP contribution < -0.4 is 4.74 Å². The van der Waals surface area contributed by atoms with Gasteiger partial charge in [0.1, 0.15) is 11.5 Å². The van der Waals surface area contributed by atoms with Crippen LogP contribution in [-0.2, 0) is 20.0 Å². The summed E-state index contributed by atoms with van der Waals surface area (Å²) in [6.07, 6.45) is 14.4. The first-order valence-corrected chi connectivity index (χ1v) is 13.5. The molecule has 0 heterocycles. The summed E-state index contributed by atoms with van der Waals surface area (Å²) in [6, 6.07) is 28.9. The monoisotopic (exact) mass is 523 g/mol. The first-order chi connectivity index (χ1) is 17.7. The van der Waals surface area contributed by atoms with Crippen molar-refractivity contribution >= 4 is 15.6 Å². The van der Waals surface area contributed by atoms with Crippen LogP contribution in [0.4, 0.5) is 0 Å². The number of aryl methyl sites for hydroxylation is 1. The largest absolute Gasteiger partial charge is 0.456 e. The summed E-state index contributed by atoms with van der Waals surface area (Å²) in [5.74, 6) is 1.73. The Labute approximate surface area is 236 Å². The molecule has 0 aliphatic heterocycles. The minimum Gasteiger partial charge on any atom is -0.456 e. The van der Waals surface area contributed by atoms with Gasteiger partial charge in [0.2, 0.25) is 0 Å². The van der Waals surface area contributed by atoms with Crippen molar-refractivity contribution in [3.8, 4) is 5.75 Å². The van der Waals surface area contributed by atoms with E-state index < -0.39 is 0 Å². The molecule has 0 atom stereocenters. The molecular formula is C35H39OTi. The van der Waals surface area contributed by atoms with Crippen LogP contribution in [0.2, 0.25) is 0 Å². The van der Waals surface area contributed by atoms with Gasteiger partial charge in [-0.15, -0.1) is 6.42 Å². The second kappa shape index (κ2) is 16.0. The minimum absolute atomic E-state index is 0.0822. The van der Waals surface area contributed by atoms with E-state index in [-0.39, 0.29) is 5.41 Å². The van der Waals surface area contributed by atoms with Crippen LogP contribution in [0.15, 0.2) is 115 Å². The van der Waals surface area contributed by atoms with Gasteiger partial charge in [-0.2, -0.15) is 6.08 Å². The number of rotatable bonds is 5. The van der Waals surface area contributed by atoms with Crippen LogP contribution in [0.1, 0.15) is 57.7 Å². The topological polar surface area (TPSA) is 9.23 Å². The van der Waals surface area contributed by atoms with Crippen LogP contribution in [0.25, 0.3) is 11.8 Å². The summed E-state index contributed by atoms with van der Waals surface area (Å²) in [4.78, 5) is 0. The molecule has 0 amide bonds. The molecule has 0 saturated heterocycles. The maximum atomic E-state index is 6.43. The van der Waals surface area contributed by atoms with Gasteiger partial charge in [-0.1, -0.05) is 111 Å². The molecule has 3 aromatic carbocycles. The van der Waals surface area contributed by atoms with Crippen molar-refractivity contribution in [1.29, 1.82) is 0 Å². The Morgan fingerprint density at radius 3 is 1.89 bits per heavy atom. The van der Waals surface area contributed by atoms with Gasteiger partial charge >= 0.3 is 37.6 Å². The minimum atomic E-state index is -0.0822. The third-order valence-corrected chi connectivity index (χ3v) is 5.16. The third kappa shape index (κ3) is 12.2. The van der Waals surface area contributed by atoms with Gasteiger partial charge < -0.3 is 4.74 Å². The summed E-state index contributed by atoms with van der Waals surface area (Å²) in [6.45, 7) is 12.9. The van der Waals surface area contributed by atoms with Crippen molar-refractivity contribution in [1.82, 2.24) is 0 Å². The SMILES string of the molecule is C[C](C)=[Ti+].Cc1ccc(C=CC(=C(Oc2ccccc2)c2ccccc2)C(C)(C)C)cc1.[C-]1=CC=CC1. The predicted octanol–water partition coefficient (Wildman–Crippen LogP) is 9.60. The first-order valence-electron chi connectivity index (χ1n) is 12.7. The Kier molecular flexibility index (Phi) is 13.1. The summed E-state index contributed by atoms with van der Waals surface area (Å²) < 4.78 is 7.84. The fraction of sp³-hybridized carbons (Fsp3) is 0.229. The normalized spacial score (nSPS) is 12.8. The van der Waals surface area contributed by atoms with Crippen LogP contribution in [-0.4, -0.2) is 3.81 Å². The molecule has 3 aromatic rings. The van der Waals surface area contributed by atoms with Crippen LogP contribution in [0.3, 0.4) is 0 Å². The molecular weight excluding hydrogens is 484 g/mol. The zero-order valence-corrected chi connectivity index (χ0v) is 24.6. The number of benzene rings is 3. The number of allylic oxidation sites excluding steroid dienone is 6. The van der Waals surface area contributed by atoms with E-state index in [4.69, 9.17) is 4.74 Å². The van der Waals surface area contributed by atoms with Crippen LogP contribution >= 0.6 is 0 Å². The molecule has 1 nitrogen and oxygen atoms in total. The molecule has 0 fully saturated rings. The van der Waals surface area contributed by atoms with E-state index in [2.05, 4.69) is 122 Å². The molecule has 0 N–H and O–H groups in total. The number of ether oxygens (including phenoxy) is 1. The number of hydrogen-bond donors (Lipinski definition) is 0. The van der Waals surface area contributed by atoms with Gasteiger partial charge in [-0.3, -0.25) is 6.08 Å². The summed E-state index contributed by atoms with van der Waals surface area (Å²) in [5, 5.41) is 0. The van der Waals surface area contributed by atoms with Crippen molar-refractivity contribution in [2.45, 2.75) is 48.0 Å². The van der Waals surface area contributed by atoms with Gasteiger partial charge in [0.05, 0.1) is 0 Å². The Morgan fingerprint density at radius 1 is 0.865 bits per heavy atom. The first kappa shape index (κ1) is 30.2. The Bertz CT molecular complexity index is 1190. The molecule has 189 valence electrons. The molecule has 37 heavy (non-hydrogen) atoms. The zero-order chi connectivity index (χ0) is 27.1. The maximum absolute atomic E-state index is 6.43. The Hall–Kier alpha value is -3.00. The molecule has 1 aliphatic carbocycles. The fourth-order valence-electron chi connectivity index (χ4n) is 3.33. The fourth-order valence-corrected chi connectivity index (χ4v) is 3.33. The van der Waals surface area contributed by atoms with E-state index in [9.17, 15) is 0 Å². The van der Waals surface area contributed by atoms with Crippen molar-refractivity contribution < 1.29 is 24.7 Å². The van der Waals surface area contributed by atoms with Crippen LogP contribution in [0.5, 0.6) is 5.75 Å². The quantitative estimate of drug-likeness (QED) is 0.140. The van der Waals surface area contributed by atoms with E-state index in [0.29, 0.717) is 0 Å². The van der Waals surface area contributed by atoms with E-state index >= 15 is 0 Å². The van der Waals surface area contributed by atoms with Gasteiger partial charge in [-0.05, 0) is 30.0 Å². The maximum Gasteiger partial charge on any atom is 0.138 e. The summed E-state index contributed by atoms with van der Waals surface area (Å²) in [5.41, 5.74) is 4.59. The van der Waals surface area contributed by atoms with Gasteiger partial charge in [-0.25, -0.2) is 12.2 Å². The molecule has 1 aliphatic rings. The molecule has 0 saturated carbocycles. The smallest absolute Gasteiger partial charge is 0.138 e. The van der Waals surface area contributed by atoms with Crippen LogP contribution in [0, 0.1) is 18.4 Å². The Balaban J connectivity index is 0.000000454. The third-order valence-electron chi connectivity index (χ3n) is 5.16. The van der Waals surface area contributed by atoms with E-state index in [1.807, 2.05) is 60.7 Å². The van der Waals surface area contributed by atoms with E-state index in [0.717, 1.165) is 29.1 Å². The van der Waals surface area contributed by atoms with Gasteiger partial charge in [0, 0.05) is 11.1 Å². The molecule has 4 rings (SSSR count). The standard InChI is InChI=1S/C27H28O.C5H5.C3H6.Ti/c1-21-15-17-22(18-16-21)19-20-25(27(2,3)4)26(23-11-7-5-8-12-23)28-24-13-9-6-10-14-24;1-2-4-5-3-1;1-3-2;/h5-20H,1-4H3;1-3H,4H2;1-2H3;/q;-1;;+1. The van der Waals surface area contributed by atoms with Crippen molar-refractivity contribution in [2.75, 3.05) is 0 Å². The molecule has 2 heteroatoms. The summed E-state index contributed by atoms with van der Waals surface area (Å²) >= 11 is 2.08. The molecule has 0 unspecified atom stereocenters. The second-order valence-corrected chi connectivity index (χ2v) is 11.6.